The lowest BCUT2D eigenvalue weighted by Gasteiger charge is -2.41. The number of anilines is 1. The van der Waals surface area contributed by atoms with Crippen LogP contribution in [0.1, 0.15) is 68.8 Å². The van der Waals surface area contributed by atoms with Gasteiger partial charge in [-0.05, 0) is 79.0 Å². The summed E-state index contributed by atoms with van der Waals surface area (Å²) in [7, 11) is 0. The van der Waals surface area contributed by atoms with E-state index >= 15 is 0 Å². The quantitative estimate of drug-likeness (QED) is 0.374. The normalized spacial score (nSPS) is 17.8. The highest BCUT2D eigenvalue weighted by atomic mass is 16.4. The first-order valence-electron chi connectivity index (χ1n) is 12.5. The smallest absolute Gasteiger partial charge is 0.322 e. The summed E-state index contributed by atoms with van der Waals surface area (Å²) in [6.07, 6.45) is 3.84. The van der Waals surface area contributed by atoms with Crippen molar-refractivity contribution in [2.24, 2.45) is 11.3 Å². The van der Waals surface area contributed by atoms with E-state index in [-0.39, 0.29) is 42.1 Å². The molecule has 0 radical (unpaired) electrons. The molecule has 194 valence electrons. The second kappa shape index (κ2) is 11.9. The number of hydrogen-bond acceptors (Lipinski definition) is 4. The Kier molecular flexibility index (Phi) is 8.96. The van der Waals surface area contributed by atoms with Crippen molar-refractivity contribution in [3.05, 3.63) is 59.7 Å². The maximum Gasteiger partial charge on any atom is 0.322 e. The summed E-state index contributed by atoms with van der Waals surface area (Å²) >= 11 is 0. The number of aromatic hydroxyl groups is 1. The Morgan fingerprint density at radius 1 is 0.944 bits per heavy atom. The first-order chi connectivity index (χ1) is 17.0. The number of carbonyl (C=O) groups is 3. The molecule has 0 aliphatic heterocycles. The molecule has 1 fully saturated rings. The van der Waals surface area contributed by atoms with Gasteiger partial charge in [-0.25, -0.2) is 4.79 Å². The fourth-order valence-corrected chi connectivity index (χ4v) is 4.70. The van der Waals surface area contributed by atoms with E-state index in [0.29, 0.717) is 23.7 Å². The van der Waals surface area contributed by atoms with Crippen LogP contribution in [0.5, 0.6) is 5.75 Å². The summed E-state index contributed by atoms with van der Waals surface area (Å²) < 4.78 is 0. The van der Waals surface area contributed by atoms with Gasteiger partial charge >= 0.3 is 12.0 Å². The first-order valence-corrected chi connectivity index (χ1v) is 12.5. The molecule has 1 aliphatic rings. The van der Waals surface area contributed by atoms with Crippen molar-refractivity contribution in [2.75, 3.05) is 11.9 Å². The number of nitrogens with zero attached hydrogens (tertiary/aromatic N) is 1. The molecule has 2 aromatic rings. The summed E-state index contributed by atoms with van der Waals surface area (Å²) in [4.78, 5) is 38.1. The zero-order valence-corrected chi connectivity index (χ0v) is 21.3. The van der Waals surface area contributed by atoms with Crippen LogP contribution in [0, 0.1) is 11.3 Å². The van der Waals surface area contributed by atoms with Crippen molar-refractivity contribution in [1.29, 1.82) is 0 Å². The Balaban J connectivity index is 1.71. The van der Waals surface area contributed by atoms with E-state index in [1.54, 1.807) is 24.3 Å². The Hall–Kier alpha value is -3.55. The van der Waals surface area contributed by atoms with E-state index in [0.717, 1.165) is 31.2 Å². The fourth-order valence-electron chi connectivity index (χ4n) is 4.70. The summed E-state index contributed by atoms with van der Waals surface area (Å²) in [6.45, 7) is 7.28. The van der Waals surface area contributed by atoms with E-state index < -0.39 is 5.97 Å². The molecule has 1 saturated carbocycles. The molecule has 4 N–H and O–H groups in total. The van der Waals surface area contributed by atoms with Gasteiger partial charge in [0.2, 0.25) is 0 Å². The van der Waals surface area contributed by atoms with Gasteiger partial charge in [0.25, 0.3) is 5.91 Å². The standard InChI is InChI=1S/C28H37N3O5/c1-28(2,3)21-8-12-23(13-9-21)31(27(36)30-22-10-14-24(32)15-11-22)18-19-4-6-20(7-5-19)26(35)29-17-16-25(33)34/h4-7,10-11,14-15,21,23,32H,8-9,12-13,16-18H2,1-3H3,(H,29,35)(H,30,36)(H,33,34). The van der Waals surface area contributed by atoms with Gasteiger partial charge in [-0.2, -0.15) is 0 Å². The van der Waals surface area contributed by atoms with Crippen molar-refractivity contribution < 1.29 is 24.6 Å². The lowest BCUT2D eigenvalue weighted by Crippen LogP contribution is -2.45. The third-order valence-corrected chi connectivity index (χ3v) is 6.94. The number of carbonyl (C=O) groups excluding carboxylic acids is 2. The van der Waals surface area contributed by atoms with Crippen molar-refractivity contribution in [3.8, 4) is 5.75 Å². The van der Waals surface area contributed by atoms with Crippen LogP contribution in [0.4, 0.5) is 10.5 Å². The van der Waals surface area contributed by atoms with Gasteiger partial charge in [0.1, 0.15) is 5.75 Å². The molecule has 0 atom stereocenters. The zero-order chi connectivity index (χ0) is 26.3. The second-order valence-corrected chi connectivity index (χ2v) is 10.6. The molecular formula is C28H37N3O5. The minimum absolute atomic E-state index is 0.0678. The molecule has 0 bridgehead atoms. The fraction of sp³-hybridized carbons (Fsp3) is 0.464. The number of amides is 3. The van der Waals surface area contributed by atoms with Gasteiger partial charge in [-0.3, -0.25) is 9.59 Å². The van der Waals surface area contributed by atoms with Crippen LogP contribution in [-0.4, -0.2) is 45.6 Å². The van der Waals surface area contributed by atoms with Gasteiger partial charge in [-0.1, -0.05) is 32.9 Å². The average Bonchev–Trinajstić information content (AvgIpc) is 2.83. The number of nitrogens with one attached hydrogen (secondary N) is 2. The summed E-state index contributed by atoms with van der Waals surface area (Å²) in [5.74, 6) is -0.537. The van der Waals surface area contributed by atoms with E-state index in [1.165, 1.54) is 12.1 Å². The Bertz CT molecular complexity index is 1040. The molecule has 2 aromatic carbocycles. The number of carboxylic acid groups (broad SMARTS) is 1. The molecule has 3 rings (SSSR count). The monoisotopic (exact) mass is 495 g/mol. The Morgan fingerprint density at radius 2 is 1.56 bits per heavy atom. The predicted molar refractivity (Wildman–Crippen MR) is 139 cm³/mol. The molecule has 8 heteroatoms. The lowest BCUT2D eigenvalue weighted by molar-refractivity contribution is -0.136. The van der Waals surface area contributed by atoms with Gasteiger partial charge in [0.05, 0.1) is 6.42 Å². The molecule has 3 amide bonds. The molecule has 8 nitrogen and oxygen atoms in total. The number of hydrogen-bond donors (Lipinski definition) is 4. The first kappa shape index (κ1) is 27.0. The second-order valence-electron chi connectivity index (χ2n) is 10.6. The number of phenolic OH excluding ortho intramolecular Hbond substituents is 1. The Labute approximate surface area is 212 Å². The summed E-state index contributed by atoms with van der Waals surface area (Å²) in [6, 6.07) is 13.3. The maximum absolute atomic E-state index is 13.4. The van der Waals surface area contributed by atoms with E-state index in [9.17, 15) is 19.5 Å². The number of rotatable bonds is 8. The van der Waals surface area contributed by atoms with E-state index in [1.807, 2.05) is 17.0 Å². The number of phenols is 1. The maximum atomic E-state index is 13.4. The van der Waals surface area contributed by atoms with Crippen molar-refractivity contribution in [1.82, 2.24) is 10.2 Å². The summed E-state index contributed by atoms with van der Waals surface area (Å²) in [5.41, 5.74) is 2.19. The molecule has 36 heavy (non-hydrogen) atoms. The van der Waals surface area contributed by atoms with Gasteiger partial charge in [0, 0.05) is 30.4 Å². The molecule has 0 spiro atoms. The van der Waals surface area contributed by atoms with Gasteiger partial charge < -0.3 is 25.7 Å². The van der Waals surface area contributed by atoms with Crippen LogP contribution in [0.2, 0.25) is 0 Å². The van der Waals surface area contributed by atoms with Crippen LogP contribution in [0.25, 0.3) is 0 Å². The molecule has 0 heterocycles. The third kappa shape index (κ3) is 7.73. The third-order valence-electron chi connectivity index (χ3n) is 6.94. The van der Waals surface area contributed by atoms with Gasteiger partial charge in [0.15, 0.2) is 0 Å². The van der Waals surface area contributed by atoms with Crippen molar-refractivity contribution in [2.45, 2.75) is 65.5 Å². The largest absolute Gasteiger partial charge is 0.508 e. The summed E-state index contributed by atoms with van der Waals surface area (Å²) in [5, 5.41) is 23.8. The highest BCUT2D eigenvalue weighted by Crippen LogP contribution is 2.39. The molecule has 0 unspecified atom stereocenters. The van der Waals surface area contributed by atoms with E-state index in [4.69, 9.17) is 5.11 Å². The number of aliphatic carboxylic acids is 1. The van der Waals surface area contributed by atoms with Crippen LogP contribution in [0.15, 0.2) is 48.5 Å². The molecule has 0 saturated heterocycles. The number of benzene rings is 2. The van der Waals surface area contributed by atoms with Gasteiger partial charge in [-0.15, -0.1) is 0 Å². The SMILES string of the molecule is CC(C)(C)C1CCC(N(Cc2ccc(C(=O)NCCC(=O)O)cc2)C(=O)Nc2ccc(O)cc2)CC1. The molecule has 0 aromatic heterocycles. The minimum Gasteiger partial charge on any atom is -0.508 e. The minimum atomic E-state index is -0.965. The topological polar surface area (TPSA) is 119 Å². The molecular weight excluding hydrogens is 458 g/mol. The Morgan fingerprint density at radius 3 is 2.11 bits per heavy atom. The van der Waals surface area contributed by atoms with Crippen molar-refractivity contribution >= 4 is 23.6 Å². The lowest BCUT2D eigenvalue weighted by atomic mass is 9.71. The molecule has 1 aliphatic carbocycles. The van der Waals surface area contributed by atoms with Crippen LogP contribution in [-0.2, 0) is 11.3 Å². The zero-order valence-electron chi connectivity index (χ0n) is 21.3. The van der Waals surface area contributed by atoms with Crippen LogP contribution in [0.3, 0.4) is 0 Å². The number of carboxylic acids is 1. The highest BCUT2D eigenvalue weighted by Gasteiger charge is 2.33. The van der Waals surface area contributed by atoms with Crippen LogP contribution >= 0.6 is 0 Å². The van der Waals surface area contributed by atoms with Crippen molar-refractivity contribution in [3.63, 3.8) is 0 Å². The number of urea groups is 1. The average molecular weight is 496 g/mol. The predicted octanol–water partition coefficient (Wildman–Crippen LogP) is 5.24. The van der Waals surface area contributed by atoms with E-state index in [2.05, 4.69) is 31.4 Å². The van der Waals surface area contributed by atoms with Crippen LogP contribution < -0.4 is 10.6 Å². The highest BCUT2D eigenvalue weighted by molar-refractivity contribution is 5.94.